The molecule has 0 saturated carbocycles. The number of fused-ring (bicyclic) bond motifs is 1. The van der Waals surface area contributed by atoms with Crippen molar-refractivity contribution in [2.24, 2.45) is 0 Å². The molecule has 0 amide bonds. The second-order valence-electron chi connectivity index (χ2n) is 5.12. The molecular formula is C17H18N2O. The maximum atomic E-state index is 9.47. The third-order valence-electron chi connectivity index (χ3n) is 3.75. The Balaban J connectivity index is 2.28. The van der Waals surface area contributed by atoms with Crippen LogP contribution in [0.3, 0.4) is 0 Å². The first-order valence-electron chi connectivity index (χ1n) is 6.97. The van der Waals surface area contributed by atoms with Crippen LogP contribution in [0, 0.1) is 0 Å². The quantitative estimate of drug-likeness (QED) is 0.769. The molecular weight excluding hydrogens is 248 g/mol. The number of hydrogen-bond acceptors (Lipinski definition) is 2. The van der Waals surface area contributed by atoms with Crippen molar-refractivity contribution in [3.8, 4) is 11.4 Å². The van der Waals surface area contributed by atoms with Gasteiger partial charge in [0.05, 0.1) is 11.0 Å². The molecule has 102 valence electrons. The molecule has 20 heavy (non-hydrogen) atoms. The summed E-state index contributed by atoms with van der Waals surface area (Å²) >= 11 is 0. The summed E-state index contributed by atoms with van der Waals surface area (Å²) in [5, 5.41) is 9.47. The maximum Gasteiger partial charge on any atom is 0.117 e. The lowest BCUT2D eigenvalue weighted by atomic mass is 10.1. The van der Waals surface area contributed by atoms with E-state index in [2.05, 4.69) is 24.5 Å². The fourth-order valence-corrected chi connectivity index (χ4v) is 2.43. The normalized spacial score (nSPS) is 12.7. The predicted octanol–water partition coefficient (Wildman–Crippen LogP) is 4.24. The van der Waals surface area contributed by atoms with Crippen molar-refractivity contribution in [2.45, 2.75) is 26.2 Å². The van der Waals surface area contributed by atoms with Gasteiger partial charge in [0.2, 0.25) is 0 Å². The number of hydrogen-bond donors (Lipinski definition) is 1. The fourth-order valence-electron chi connectivity index (χ4n) is 2.43. The summed E-state index contributed by atoms with van der Waals surface area (Å²) in [6.45, 7) is 4.36. The van der Waals surface area contributed by atoms with Gasteiger partial charge in [0.25, 0.3) is 0 Å². The highest BCUT2D eigenvalue weighted by molar-refractivity contribution is 5.78. The van der Waals surface area contributed by atoms with Gasteiger partial charge in [0.15, 0.2) is 0 Å². The van der Waals surface area contributed by atoms with Crippen LogP contribution >= 0.6 is 0 Å². The zero-order chi connectivity index (χ0) is 14.1. The highest BCUT2D eigenvalue weighted by atomic mass is 16.3. The molecule has 2 aromatic carbocycles. The minimum absolute atomic E-state index is 0.281. The van der Waals surface area contributed by atoms with Crippen molar-refractivity contribution < 1.29 is 5.11 Å². The summed E-state index contributed by atoms with van der Waals surface area (Å²) in [6.07, 6.45) is 1.04. The monoisotopic (exact) mass is 266 g/mol. The molecule has 1 aromatic heterocycles. The van der Waals surface area contributed by atoms with Crippen molar-refractivity contribution in [3.05, 3.63) is 54.4 Å². The van der Waals surface area contributed by atoms with Gasteiger partial charge in [-0.15, -0.1) is 0 Å². The zero-order valence-corrected chi connectivity index (χ0v) is 11.7. The van der Waals surface area contributed by atoms with E-state index in [9.17, 15) is 5.11 Å². The number of para-hydroxylation sites is 2. The third-order valence-corrected chi connectivity index (χ3v) is 3.75. The second-order valence-corrected chi connectivity index (χ2v) is 5.12. The van der Waals surface area contributed by atoms with Gasteiger partial charge in [-0.25, -0.2) is 4.98 Å². The van der Waals surface area contributed by atoms with Gasteiger partial charge in [-0.1, -0.05) is 26.0 Å². The van der Waals surface area contributed by atoms with Gasteiger partial charge in [-0.3, -0.25) is 4.57 Å². The molecule has 0 aliphatic carbocycles. The number of imidazole rings is 1. The van der Waals surface area contributed by atoms with Gasteiger partial charge in [-0.05, 0) is 42.8 Å². The lowest BCUT2D eigenvalue weighted by molar-refractivity contribution is 0.475. The molecule has 3 aromatic rings. The van der Waals surface area contributed by atoms with E-state index < -0.39 is 0 Å². The Morgan fingerprint density at radius 2 is 1.80 bits per heavy atom. The third kappa shape index (κ3) is 2.05. The highest BCUT2D eigenvalue weighted by Gasteiger charge is 2.16. The molecule has 3 nitrogen and oxygen atoms in total. The van der Waals surface area contributed by atoms with Crippen molar-refractivity contribution in [3.63, 3.8) is 0 Å². The summed E-state index contributed by atoms with van der Waals surface area (Å²) in [6, 6.07) is 15.4. The average molecular weight is 266 g/mol. The van der Waals surface area contributed by atoms with Crippen LogP contribution in [0.1, 0.15) is 32.0 Å². The molecule has 1 N–H and O–H groups in total. The van der Waals surface area contributed by atoms with Gasteiger partial charge in [0, 0.05) is 11.6 Å². The van der Waals surface area contributed by atoms with Gasteiger partial charge < -0.3 is 5.11 Å². The Hall–Kier alpha value is -2.29. The van der Waals surface area contributed by atoms with Crippen LogP contribution < -0.4 is 0 Å². The topological polar surface area (TPSA) is 38.0 Å². The number of aromatic nitrogens is 2. The lowest BCUT2D eigenvalue weighted by Crippen LogP contribution is -2.04. The summed E-state index contributed by atoms with van der Waals surface area (Å²) in [5.41, 5.74) is 3.15. The van der Waals surface area contributed by atoms with E-state index in [4.69, 9.17) is 4.98 Å². The summed E-state index contributed by atoms with van der Waals surface area (Å²) < 4.78 is 2.18. The number of aromatic hydroxyl groups is 1. The number of phenols is 1. The first-order chi connectivity index (χ1) is 9.70. The first-order valence-corrected chi connectivity index (χ1v) is 6.97. The van der Waals surface area contributed by atoms with E-state index in [1.165, 1.54) is 0 Å². The SMILES string of the molecule is CCC(C)c1nc2ccccc2n1-c1ccc(O)cc1. The van der Waals surface area contributed by atoms with Crippen LogP contribution in [0.2, 0.25) is 0 Å². The number of phenolic OH excluding ortho intramolecular Hbond substituents is 1. The molecule has 0 saturated heterocycles. The van der Waals surface area contributed by atoms with Crippen LogP contribution in [0.4, 0.5) is 0 Å². The molecule has 0 bridgehead atoms. The van der Waals surface area contributed by atoms with Gasteiger partial charge >= 0.3 is 0 Å². The second kappa shape index (κ2) is 5.00. The van der Waals surface area contributed by atoms with E-state index >= 15 is 0 Å². The smallest absolute Gasteiger partial charge is 0.117 e. The van der Waals surface area contributed by atoms with E-state index in [-0.39, 0.29) is 5.75 Å². The predicted molar refractivity (Wildman–Crippen MR) is 81.4 cm³/mol. The molecule has 0 radical (unpaired) electrons. The number of rotatable bonds is 3. The number of nitrogens with zero attached hydrogens (tertiary/aromatic N) is 2. The Morgan fingerprint density at radius 3 is 2.50 bits per heavy atom. The first kappa shape index (κ1) is 12.7. The van der Waals surface area contributed by atoms with Gasteiger partial charge in [-0.2, -0.15) is 0 Å². The summed E-state index contributed by atoms with van der Waals surface area (Å²) in [7, 11) is 0. The van der Waals surface area contributed by atoms with Crippen LogP contribution in [0.25, 0.3) is 16.7 Å². The van der Waals surface area contributed by atoms with E-state index in [0.717, 1.165) is 29.0 Å². The fraction of sp³-hybridized carbons (Fsp3) is 0.235. The largest absolute Gasteiger partial charge is 0.508 e. The van der Waals surface area contributed by atoms with Crippen LogP contribution in [-0.2, 0) is 0 Å². The van der Waals surface area contributed by atoms with Crippen molar-refractivity contribution >= 4 is 11.0 Å². The molecule has 0 aliphatic heterocycles. The minimum Gasteiger partial charge on any atom is -0.508 e. The summed E-state index contributed by atoms with van der Waals surface area (Å²) in [5.74, 6) is 1.74. The lowest BCUT2D eigenvalue weighted by Gasteiger charge is -2.13. The zero-order valence-electron chi connectivity index (χ0n) is 11.7. The molecule has 0 aliphatic rings. The highest BCUT2D eigenvalue weighted by Crippen LogP contribution is 2.28. The van der Waals surface area contributed by atoms with E-state index in [1.54, 1.807) is 12.1 Å². The summed E-state index contributed by atoms with van der Waals surface area (Å²) in [4.78, 5) is 4.78. The Kier molecular flexibility index (Phi) is 3.18. The molecule has 1 atom stereocenters. The maximum absolute atomic E-state index is 9.47. The minimum atomic E-state index is 0.281. The molecule has 1 unspecified atom stereocenters. The van der Waals surface area contributed by atoms with E-state index in [1.807, 2.05) is 30.3 Å². The molecule has 0 fully saturated rings. The van der Waals surface area contributed by atoms with Crippen molar-refractivity contribution in [2.75, 3.05) is 0 Å². The molecule has 1 heterocycles. The Morgan fingerprint density at radius 1 is 1.10 bits per heavy atom. The molecule has 0 spiro atoms. The van der Waals surface area contributed by atoms with Crippen LogP contribution in [-0.4, -0.2) is 14.7 Å². The van der Waals surface area contributed by atoms with Crippen molar-refractivity contribution in [1.29, 1.82) is 0 Å². The Bertz CT molecular complexity index is 728. The average Bonchev–Trinajstić information content (AvgIpc) is 2.87. The molecule has 3 rings (SSSR count). The van der Waals surface area contributed by atoms with Gasteiger partial charge in [0.1, 0.15) is 11.6 Å². The molecule has 3 heteroatoms. The standard InChI is InChI=1S/C17H18N2O/c1-3-12(2)17-18-15-6-4-5-7-16(15)19(17)13-8-10-14(20)11-9-13/h4-12,20H,3H2,1-2H3. The Labute approximate surface area is 118 Å². The number of benzene rings is 2. The van der Waals surface area contributed by atoms with E-state index in [0.29, 0.717) is 5.92 Å². The van der Waals surface area contributed by atoms with Crippen LogP contribution in [0.15, 0.2) is 48.5 Å². The van der Waals surface area contributed by atoms with Crippen molar-refractivity contribution in [1.82, 2.24) is 9.55 Å². The van der Waals surface area contributed by atoms with Crippen LogP contribution in [0.5, 0.6) is 5.75 Å².